The largest absolute Gasteiger partial charge is 0.506 e. The first-order chi connectivity index (χ1) is 37.0. The number of nitrogens with zero attached hydrogens (tertiary/aromatic N) is 2. The molecule has 1 saturated heterocycles. The Balaban J connectivity index is 0.925. The fourth-order valence-corrected chi connectivity index (χ4v) is 10.4. The molecule has 0 spiro atoms. The molecule has 0 bridgehead atoms. The Labute approximate surface area is 458 Å². The summed E-state index contributed by atoms with van der Waals surface area (Å²) in [5.41, 5.74) is 0.985. The maximum atomic E-state index is 14.0. The lowest BCUT2D eigenvalue weighted by Crippen LogP contribution is -2.45. The second-order valence-electron chi connectivity index (χ2n) is 22.7. The van der Waals surface area contributed by atoms with Crippen LogP contribution in [0.4, 0.5) is 15.3 Å². The Kier molecular flexibility index (Phi) is 19.0. The number of urea groups is 1. The summed E-state index contributed by atoms with van der Waals surface area (Å²) < 4.78 is 18.8. The number of benzene rings is 5. The zero-order valence-electron chi connectivity index (χ0n) is 46.2. The van der Waals surface area contributed by atoms with Crippen LogP contribution in [0.2, 0.25) is 18.1 Å². The van der Waals surface area contributed by atoms with Crippen LogP contribution in [0.25, 0.3) is 10.9 Å². The van der Waals surface area contributed by atoms with Gasteiger partial charge >= 0.3 is 18.1 Å². The monoisotopic (exact) mass is 1080 g/mol. The van der Waals surface area contributed by atoms with E-state index in [1.54, 1.807) is 117 Å². The smallest absolute Gasteiger partial charge is 0.410 e. The van der Waals surface area contributed by atoms with Crippen molar-refractivity contribution < 1.29 is 43.3 Å². The van der Waals surface area contributed by atoms with Crippen molar-refractivity contribution in [2.24, 2.45) is 5.92 Å². The number of ether oxygens (including phenoxy) is 2. The van der Waals surface area contributed by atoms with Crippen LogP contribution >= 0.6 is 0 Å². The normalized spacial score (nSPS) is 14.7. The molecule has 6 N–H and O–H groups in total. The molecule has 0 saturated carbocycles. The van der Waals surface area contributed by atoms with Crippen LogP contribution < -0.4 is 21.5 Å². The second kappa shape index (κ2) is 25.4. The minimum absolute atomic E-state index is 0.0751. The summed E-state index contributed by atoms with van der Waals surface area (Å²) in [5, 5.41) is 31.8. The molecule has 17 heteroatoms. The molecule has 1 aromatic heterocycles. The number of anilines is 1. The number of aromatic amines is 1. The molecule has 5 aromatic carbocycles. The highest BCUT2D eigenvalue weighted by Gasteiger charge is 2.43. The zero-order chi connectivity index (χ0) is 56.3. The van der Waals surface area contributed by atoms with Crippen LogP contribution in [0.1, 0.15) is 105 Å². The van der Waals surface area contributed by atoms with E-state index in [0.29, 0.717) is 34.2 Å². The molecular formula is C61H76N6O10Si. The highest BCUT2D eigenvalue weighted by molar-refractivity contribution is 6.74. The number of hydrogen-bond acceptors (Lipinski definition) is 11. The number of hydrogen-bond donors (Lipinski definition) is 6. The van der Waals surface area contributed by atoms with E-state index in [-0.39, 0.29) is 72.0 Å². The Morgan fingerprint density at radius 2 is 1.44 bits per heavy atom. The number of phenols is 1. The molecule has 2 atom stereocenters. The van der Waals surface area contributed by atoms with Crippen LogP contribution in [-0.2, 0) is 37.4 Å². The SMILES string of the molecule is CC(C)(C)OC(=O)N(Cc1ccc(C(=O)NCCCNC(=O)Nc2cccc(C(O)(C(=O)OCC3CCN(Cc4ccccc4)CC3)c3ccccc3)c2)cc1)CC(O[Si](C)(C)C(C)(C)C)c1ccc(O)c2[nH]c(=O)ccc12. The van der Waals surface area contributed by atoms with Gasteiger partial charge < -0.3 is 49.9 Å². The molecule has 78 heavy (non-hydrogen) atoms. The molecule has 0 aliphatic carbocycles. The van der Waals surface area contributed by atoms with Gasteiger partial charge in [-0.25, -0.2) is 14.4 Å². The van der Waals surface area contributed by atoms with Crippen LogP contribution in [0.5, 0.6) is 5.75 Å². The summed E-state index contributed by atoms with van der Waals surface area (Å²) in [6.07, 6.45) is 0.906. The van der Waals surface area contributed by atoms with Crippen molar-refractivity contribution in [3.8, 4) is 5.75 Å². The van der Waals surface area contributed by atoms with E-state index in [0.717, 1.165) is 38.0 Å². The predicted octanol–water partition coefficient (Wildman–Crippen LogP) is 10.4. The van der Waals surface area contributed by atoms with E-state index in [1.165, 1.54) is 17.7 Å². The summed E-state index contributed by atoms with van der Waals surface area (Å²) in [4.78, 5) is 73.4. The molecule has 4 amide bonds. The zero-order valence-corrected chi connectivity index (χ0v) is 47.2. The van der Waals surface area contributed by atoms with Gasteiger partial charge in [0.15, 0.2) is 8.32 Å². The number of aliphatic hydroxyl groups is 1. The maximum absolute atomic E-state index is 14.0. The summed E-state index contributed by atoms with van der Waals surface area (Å²) in [5.74, 6) is -1.04. The van der Waals surface area contributed by atoms with Crippen molar-refractivity contribution in [3.63, 3.8) is 0 Å². The Bertz CT molecular complexity index is 3060. The third-order valence-corrected chi connectivity index (χ3v) is 19.0. The number of carbonyl (C=O) groups excluding carboxylic acids is 4. The van der Waals surface area contributed by atoms with Gasteiger partial charge in [0.25, 0.3) is 5.91 Å². The van der Waals surface area contributed by atoms with Crippen LogP contribution in [0.15, 0.2) is 138 Å². The fraction of sp³-hybridized carbons (Fsp3) is 0.393. The second-order valence-corrected chi connectivity index (χ2v) is 27.4. The van der Waals surface area contributed by atoms with Crippen molar-refractivity contribution in [3.05, 3.63) is 177 Å². The molecule has 6 aromatic rings. The van der Waals surface area contributed by atoms with E-state index in [2.05, 4.69) is 71.8 Å². The quantitative estimate of drug-likeness (QED) is 0.0241. The molecule has 2 heterocycles. The summed E-state index contributed by atoms with van der Waals surface area (Å²) in [6.45, 7) is 19.5. The number of esters is 1. The number of aromatic hydroxyl groups is 1. The molecule has 16 nitrogen and oxygen atoms in total. The number of carbonyl (C=O) groups is 4. The van der Waals surface area contributed by atoms with E-state index in [1.807, 2.05) is 18.2 Å². The van der Waals surface area contributed by atoms with E-state index < -0.39 is 43.7 Å². The molecule has 1 fully saturated rings. The first-order valence-corrected chi connectivity index (χ1v) is 29.6. The molecular weight excluding hydrogens is 1000 g/mol. The Hall–Kier alpha value is -7.31. The molecule has 7 rings (SSSR count). The number of rotatable bonds is 20. The number of pyridine rings is 1. The van der Waals surface area contributed by atoms with Gasteiger partial charge in [0.05, 0.1) is 24.8 Å². The van der Waals surface area contributed by atoms with Gasteiger partial charge in [-0.05, 0) is 136 Å². The summed E-state index contributed by atoms with van der Waals surface area (Å²) >= 11 is 0. The highest BCUT2D eigenvalue weighted by atomic mass is 28.4. The molecule has 1 aliphatic rings. The molecule has 414 valence electrons. The lowest BCUT2D eigenvalue weighted by Gasteiger charge is -2.41. The van der Waals surface area contributed by atoms with E-state index in [9.17, 15) is 34.2 Å². The van der Waals surface area contributed by atoms with Gasteiger partial charge in [0.2, 0.25) is 11.2 Å². The van der Waals surface area contributed by atoms with Gasteiger partial charge in [-0.15, -0.1) is 0 Å². The van der Waals surface area contributed by atoms with Crippen molar-refractivity contribution in [2.45, 2.75) is 109 Å². The number of H-pyrrole nitrogens is 1. The van der Waals surface area contributed by atoms with Crippen LogP contribution in [0, 0.1) is 5.92 Å². The van der Waals surface area contributed by atoms with E-state index in [4.69, 9.17) is 13.9 Å². The minimum atomic E-state index is -2.50. The lowest BCUT2D eigenvalue weighted by molar-refractivity contribution is -0.164. The first-order valence-electron chi connectivity index (χ1n) is 26.7. The number of aromatic nitrogens is 1. The lowest BCUT2D eigenvalue weighted by atomic mass is 9.86. The number of amides is 4. The minimum Gasteiger partial charge on any atom is -0.506 e. The number of nitrogens with one attached hydrogen (secondary N) is 4. The van der Waals surface area contributed by atoms with Gasteiger partial charge in [-0.2, -0.15) is 0 Å². The molecule has 0 radical (unpaired) electrons. The van der Waals surface area contributed by atoms with Gasteiger partial charge in [0.1, 0.15) is 11.4 Å². The van der Waals surface area contributed by atoms with Gasteiger partial charge in [-0.1, -0.05) is 112 Å². The third-order valence-electron chi connectivity index (χ3n) is 14.5. The highest BCUT2D eigenvalue weighted by Crippen LogP contribution is 2.42. The number of fused-ring (bicyclic) bond motifs is 1. The van der Waals surface area contributed by atoms with Crippen molar-refractivity contribution in [2.75, 3.05) is 44.6 Å². The van der Waals surface area contributed by atoms with Crippen LogP contribution in [0.3, 0.4) is 0 Å². The van der Waals surface area contributed by atoms with Crippen LogP contribution in [-0.4, -0.2) is 102 Å². The molecule has 1 aliphatic heterocycles. The summed E-state index contributed by atoms with van der Waals surface area (Å²) in [7, 11) is -2.50. The maximum Gasteiger partial charge on any atom is 0.410 e. The van der Waals surface area contributed by atoms with Gasteiger partial charge in [-0.3, -0.25) is 14.5 Å². The van der Waals surface area contributed by atoms with Crippen molar-refractivity contribution >= 4 is 48.9 Å². The summed E-state index contributed by atoms with van der Waals surface area (Å²) in [6, 6.07) is 38.2. The Morgan fingerprint density at radius 1 is 0.782 bits per heavy atom. The Morgan fingerprint density at radius 3 is 2.10 bits per heavy atom. The standard InChI is InChI=1S/C61H76N6O10Si/c1-59(2,3)76-58(73)67(40-52(77-78(7,8)60(4,5)6)49-27-29-51(68)54-50(49)28-30-53(69)65-54)39-43-23-25-45(26-24-43)55(70)62-33-16-34-63-57(72)64-48-22-15-21-47(37-48)61(74,46-19-13-10-14-20-46)56(71)75-41-44-31-35-66(36-32-44)38-42-17-11-9-12-18-42/h9-15,17-30,37,44,52,68,74H,16,31-36,38-41H2,1-8H3,(H,62,70)(H,65,69)(H2,63,64,72). The van der Waals surface area contributed by atoms with E-state index >= 15 is 0 Å². The number of piperidine rings is 1. The average molecular weight is 1080 g/mol. The fourth-order valence-electron chi connectivity index (χ4n) is 9.11. The van der Waals surface area contributed by atoms with Crippen molar-refractivity contribution in [1.82, 2.24) is 25.4 Å². The topological polar surface area (TPSA) is 212 Å². The average Bonchev–Trinajstić information content (AvgIpc) is 3.45. The van der Waals surface area contributed by atoms with Crippen molar-refractivity contribution in [1.29, 1.82) is 0 Å². The number of phenolic OH excluding ortho intramolecular Hbond substituents is 1. The molecule has 2 unspecified atom stereocenters. The predicted molar refractivity (Wildman–Crippen MR) is 306 cm³/mol. The third kappa shape index (κ3) is 15.5. The number of likely N-dealkylation sites (tertiary alicyclic amines) is 1. The van der Waals surface area contributed by atoms with Gasteiger partial charge in [0, 0.05) is 54.4 Å². The first kappa shape index (κ1) is 58.4.